The molecule has 154 valence electrons. The van der Waals surface area contributed by atoms with Crippen LogP contribution in [0.15, 0.2) is 40.9 Å². The van der Waals surface area contributed by atoms with Crippen molar-refractivity contribution in [3.8, 4) is 11.4 Å². The molecule has 0 radical (unpaired) electrons. The van der Waals surface area contributed by atoms with Gasteiger partial charge in [0, 0.05) is 28.1 Å². The zero-order valence-corrected chi connectivity index (χ0v) is 19.1. The van der Waals surface area contributed by atoms with E-state index in [1.807, 2.05) is 10.7 Å². The van der Waals surface area contributed by atoms with Crippen LogP contribution < -0.4 is 5.32 Å². The Hall–Kier alpha value is -2.15. The number of nitrogens with zero attached hydrogens (tertiary/aromatic N) is 3. The normalized spacial score (nSPS) is 20.0. The van der Waals surface area contributed by atoms with Gasteiger partial charge in [-0.3, -0.25) is 4.79 Å². The minimum absolute atomic E-state index is 0.0906. The number of benzene rings is 1. The number of carbonyl (C=O) groups excluding carboxylic acids is 1. The number of hydrogen-bond acceptors (Lipinski definition) is 5. The summed E-state index contributed by atoms with van der Waals surface area (Å²) in [6, 6.07) is 7.16. The third-order valence-electron chi connectivity index (χ3n) is 5.66. The molecule has 0 bridgehead atoms. The summed E-state index contributed by atoms with van der Waals surface area (Å²) >= 11 is 13.9. The largest absolute Gasteiger partial charge is 0.328 e. The third kappa shape index (κ3) is 3.18. The van der Waals surface area contributed by atoms with Crippen LogP contribution >= 0.6 is 34.5 Å². The summed E-state index contributed by atoms with van der Waals surface area (Å²) in [7, 11) is 0. The Balaban J connectivity index is 1.68. The molecule has 5 rings (SSSR count). The molecule has 0 fully saturated rings. The van der Waals surface area contributed by atoms with Gasteiger partial charge in [0.1, 0.15) is 6.04 Å². The fourth-order valence-electron chi connectivity index (χ4n) is 4.27. The molecule has 0 spiro atoms. The lowest BCUT2D eigenvalue weighted by Crippen LogP contribution is -2.36. The maximum absolute atomic E-state index is 13.2. The van der Waals surface area contributed by atoms with Crippen LogP contribution in [0, 0.1) is 12.3 Å². The molecular weight excluding hydrogens is 439 g/mol. The van der Waals surface area contributed by atoms with Crippen molar-refractivity contribution in [2.24, 2.45) is 5.41 Å². The number of thiophene rings is 1. The van der Waals surface area contributed by atoms with Crippen molar-refractivity contribution in [3.63, 3.8) is 0 Å². The monoisotopic (exact) mass is 458 g/mol. The molecule has 0 saturated carbocycles. The minimum Gasteiger partial charge on any atom is -0.328 e. The first kappa shape index (κ1) is 19.8. The quantitative estimate of drug-likeness (QED) is 0.490. The Labute approximate surface area is 188 Å². The van der Waals surface area contributed by atoms with Crippen LogP contribution in [0.1, 0.15) is 43.2 Å². The summed E-state index contributed by atoms with van der Waals surface area (Å²) in [5.74, 6) is 1.35. The van der Waals surface area contributed by atoms with Gasteiger partial charge in [-0.05, 0) is 54.0 Å². The van der Waals surface area contributed by atoms with Crippen LogP contribution in [0.4, 0.5) is 5.95 Å². The van der Waals surface area contributed by atoms with E-state index in [9.17, 15) is 4.79 Å². The Bertz CT molecular complexity index is 1220. The standard InChI is InChI=1S/C22H20Cl2N4OS/c1-11-6-7-30-19(11)18-17-15(9-22(2,3)10-16(17)29)25-21-26-20(27-28(18)21)12-4-5-13(23)14(24)8-12/h4-8,18H,9-10H2,1-3H3,(H,25,26,27). The molecule has 8 heteroatoms. The second-order valence-electron chi connectivity index (χ2n) is 8.66. The Morgan fingerprint density at radius 1 is 1.20 bits per heavy atom. The molecule has 1 atom stereocenters. The smallest absolute Gasteiger partial charge is 0.226 e. The van der Waals surface area contributed by atoms with Gasteiger partial charge in [0.15, 0.2) is 11.6 Å². The number of ketones is 1. The molecule has 30 heavy (non-hydrogen) atoms. The molecule has 2 aromatic heterocycles. The first-order valence-electron chi connectivity index (χ1n) is 9.73. The van der Waals surface area contributed by atoms with Crippen LogP contribution in [0.5, 0.6) is 0 Å². The summed E-state index contributed by atoms with van der Waals surface area (Å²) in [5, 5.41) is 11.2. The number of allylic oxidation sites excluding steroid dienone is 2. The number of hydrogen-bond donors (Lipinski definition) is 1. The highest BCUT2D eigenvalue weighted by molar-refractivity contribution is 7.10. The van der Waals surface area contributed by atoms with Gasteiger partial charge >= 0.3 is 0 Å². The second kappa shape index (κ2) is 6.94. The van der Waals surface area contributed by atoms with Gasteiger partial charge < -0.3 is 5.32 Å². The molecule has 3 heterocycles. The highest BCUT2D eigenvalue weighted by atomic mass is 35.5. The molecule has 1 aromatic carbocycles. The molecule has 0 amide bonds. The predicted molar refractivity (Wildman–Crippen MR) is 121 cm³/mol. The number of fused-ring (bicyclic) bond motifs is 1. The zero-order chi connectivity index (χ0) is 21.2. The van der Waals surface area contributed by atoms with Crippen molar-refractivity contribution in [1.82, 2.24) is 14.8 Å². The van der Waals surface area contributed by atoms with Gasteiger partial charge in [0.05, 0.1) is 10.0 Å². The fraction of sp³-hybridized carbons (Fsp3) is 0.318. The number of nitrogens with one attached hydrogen (secondary N) is 1. The average molecular weight is 459 g/mol. The van der Waals surface area contributed by atoms with E-state index in [0.29, 0.717) is 28.2 Å². The van der Waals surface area contributed by atoms with Crippen molar-refractivity contribution >= 4 is 46.3 Å². The van der Waals surface area contributed by atoms with Crippen molar-refractivity contribution < 1.29 is 4.79 Å². The van der Waals surface area contributed by atoms with Crippen LogP contribution in [0.25, 0.3) is 11.4 Å². The van der Waals surface area contributed by atoms with Crippen molar-refractivity contribution in [2.45, 2.75) is 39.7 Å². The lowest BCUT2D eigenvalue weighted by atomic mass is 9.73. The van der Waals surface area contributed by atoms with E-state index in [1.54, 1.807) is 23.5 Å². The maximum atomic E-state index is 13.2. The highest BCUT2D eigenvalue weighted by Crippen LogP contribution is 2.47. The lowest BCUT2D eigenvalue weighted by molar-refractivity contribution is -0.118. The summed E-state index contributed by atoms with van der Waals surface area (Å²) in [5.41, 5.74) is 3.59. The second-order valence-corrected chi connectivity index (χ2v) is 10.4. The van der Waals surface area contributed by atoms with E-state index >= 15 is 0 Å². The first-order chi connectivity index (χ1) is 14.2. The van der Waals surface area contributed by atoms with Crippen LogP contribution in [0.3, 0.4) is 0 Å². The predicted octanol–water partition coefficient (Wildman–Crippen LogP) is 6.28. The molecular formula is C22H20Cl2N4OS. The molecule has 1 aliphatic heterocycles. The summed E-state index contributed by atoms with van der Waals surface area (Å²) in [6.07, 6.45) is 1.32. The topological polar surface area (TPSA) is 59.8 Å². The number of halogens is 2. The van der Waals surface area contributed by atoms with E-state index < -0.39 is 0 Å². The lowest BCUT2D eigenvalue weighted by Gasteiger charge is -2.38. The highest BCUT2D eigenvalue weighted by Gasteiger charge is 2.42. The van der Waals surface area contributed by atoms with E-state index in [2.05, 4.69) is 37.5 Å². The van der Waals surface area contributed by atoms with Crippen LogP contribution in [0.2, 0.25) is 10.0 Å². The van der Waals surface area contributed by atoms with Gasteiger partial charge in [-0.15, -0.1) is 16.4 Å². The van der Waals surface area contributed by atoms with Gasteiger partial charge in [0.25, 0.3) is 0 Å². The van der Waals surface area contributed by atoms with Crippen molar-refractivity contribution in [1.29, 1.82) is 0 Å². The van der Waals surface area contributed by atoms with E-state index in [0.717, 1.165) is 33.7 Å². The molecule has 1 aliphatic carbocycles. The Kier molecular flexibility index (Phi) is 4.58. The van der Waals surface area contributed by atoms with E-state index in [4.69, 9.17) is 33.3 Å². The number of rotatable bonds is 2. The molecule has 2 aliphatic rings. The van der Waals surface area contributed by atoms with Crippen LogP contribution in [-0.4, -0.2) is 20.5 Å². The van der Waals surface area contributed by atoms with Gasteiger partial charge in [0.2, 0.25) is 5.95 Å². The maximum Gasteiger partial charge on any atom is 0.226 e. The number of carbonyl (C=O) groups is 1. The number of Topliss-reactive ketones (excluding diaryl/α,β-unsaturated/α-hetero) is 1. The molecule has 1 N–H and O–H groups in total. The van der Waals surface area contributed by atoms with E-state index in [-0.39, 0.29) is 17.2 Å². The summed E-state index contributed by atoms with van der Waals surface area (Å²) in [4.78, 5) is 19.1. The minimum atomic E-state index is -0.274. The third-order valence-corrected chi connectivity index (χ3v) is 7.47. The van der Waals surface area contributed by atoms with Gasteiger partial charge in [-0.25, -0.2) is 4.68 Å². The molecule has 0 saturated heterocycles. The number of aromatic nitrogens is 3. The van der Waals surface area contributed by atoms with Gasteiger partial charge in [-0.1, -0.05) is 37.0 Å². The SMILES string of the molecule is Cc1ccsc1C1C2=C(CC(C)(C)CC2=O)Nc2nc(-c3ccc(Cl)c(Cl)c3)nn21. The Morgan fingerprint density at radius 3 is 2.70 bits per heavy atom. The first-order valence-corrected chi connectivity index (χ1v) is 11.4. The van der Waals surface area contributed by atoms with Crippen molar-refractivity contribution in [3.05, 3.63) is 61.4 Å². The Morgan fingerprint density at radius 2 is 2.00 bits per heavy atom. The number of aryl methyl sites for hydroxylation is 1. The van der Waals surface area contributed by atoms with Crippen molar-refractivity contribution in [2.75, 3.05) is 5.32 Å². The summed E-state index contributed by atoms with van der Waals surface area (Å²) in [6.45, 7) is 6.33. The summed E-state index contributed by atoms with van der Waals surface area (Å²) < 4.78 is 1.84. The zero-order valence-electron chi connectivity index (χ0n) is 16.8. The molecule has 5 nitrogen and oxygen atoms in total. The van der Waals surface area contributed by atoms with E-state index in [1.165, 1.54) is 0 Å². The number of anilines is 1. The van der Waals surface area contributed by atoms with Crippen LogP contribution in [-0.2, 0) is 4.79 Å². The van der Waals surface area contributed by atoms with Gasteiger partial charge in [-0.2, -0.15) is 4.98 Å². The molecule has 1 unspecified atom stereocenters. The molecule has 3 aromatic rings. The fourth-order valence-corrected chi connectivity index (χ4v) is 5.59. The average Bonchev–Trinajstić information content (AvgIpc) is 3.27.